The Morgan fingerprint density at radius 3 is 2.75 bits per heavy atom. The van der Waals surface area contributed by atoms with Gasteiger partial charge in [0.1, 0.15) is 0 Å². The molecule has 1 heterocycles. The lowest BCUT2D eigenvalue weighted by atomic mass is 10.0. The molecular weight excluding hydrogens is 334 g/mol. The number of rotatable bonds is 2. The molecule has 4 nitrogen and oxygen atoms in total. The van der Waals surface area contributed by atoms with Crippen molar-refractivity contribution in [2.75, 3.05) is 0 Å². The van der Waals surface area contributed by atoms with Crippen molar-refractivity contribution in [3.05, 3.63) is 34.3 Å². The third-order valence-electron chi connectivity index (χ3n) is 3.09. The summed E-state index contributed by atoms with van der Waals surface area (Å²) in [5.41, 5.74) is -2.19. The molecule has 1 N–H and O–H groups in total. The van der Waals surface area contributed by atoms with Crippen molar-refractivity contribution in [1.82, 2.24) is 5.01 Å². The zero-order valence-corrected chi connectivity index (χ0v) is 12.5. The van der Waals surface area contributed by atoms with E-state index < -0.39 is 17.6 Å². The highest BCUT2D eigenvalue weighted by molar-refractivity contribution is 9.10. The fraction of sp³-hybridized carbons (Fsp3) is 0.385. The van der Waals surface area contributed by atoms with Crippen LogP contribution in [0.3, 0.4) is 0 Å². The zero-order valence-electron chi connectivity index (χ0n) is 10.9. The van der Waals surface area contributed by atoms with Crippen molar-refractivity contribution >= 4 is 27.5 Å². The number of hydrazone groups is 1. The first-order valence-corrected chi connectivity index (χ1v) is 6.69. The minimum Gasteiger partial charge on any atom is -0.364 e. The summed E-state index contributed by atoms with van der Waals surface area (Å²) in [7, 11) is 0. The Labute approximate surface area is 123 Å². The van der Waals surface area contributed by atoms with Crippen LogP contribution >= 0.6 is 15.9 Å². The molecule has 1 aromatic carbocycles. The lowest BCUT2D eigenvalue weighted by Gasteiger charge is -2.35. The number of carbonyl (C=O) groups is 1. The number of hydrogen-bond donors (Lipinski definition) is 1. The molecule has 0 spiro atoms. The maximum Gasteiger partial charge on any atom is 0.294 e. The highest BCUT2D eigenvalue weighted by Gasteiger charge is 2.58. The molecule has 108 valence electrons. The Hall–Kier alpha value is -1.34. The number of halogens is 3. The van der Waals surface area contributed by atoms with Gasteiger partial charge in [-0.2, -0.15) is 10.1 Å². The quantitative estimate of drug-likeness (QED) is 0.894. The summed E-state index contributed by atoms with van der Waals surface area (Å²) >= 11 is 3.20. The van der Waals surface area contributed by atoms with Gasteiger partial charge >= 0.3 is 0 Å². The number of carbonyl (C=O) groups excluding carboxylic acids is 1. The summed E-state index contributed by atoms with van der Waals surface area (Å²) in [4.78, 5) is 12.3. The van der Waals surface area contributed by atoms with Crippen molar-refractivity contribution in [3.8, 4) is 0 Å². The third-order valence-corrected chi connectivity index (χ3v) is 3.58. The van der Waals surface area contributed by atoms with Gasteiger partial charge in [0, 0.05) is 29.1 Å². The normalized spacial score (nSPS) is 22.9. The molecular formula is C13H13BrF2N2O2. The Balaban J connectivity index is 2.42. The topological polar surface area (TPSA) is 52.9 Å². The van der Waals surface area contributed by atoms with Gasteiger partial charge in [-0.3, -0.25) is 4.79 Å². The molecule has 1 amide bonds. The van der Waals surface area contributed by atoms with E-state index in [4.69, 9.17) is 0 Å². The summed E-state index contributed by atoms with van der Waals surface area (Å²) in [5, 5.41) is 14.4. The third kappa shape index (κ3) is 2.47. The van der Waals surface area contributed by atoms with E-state index in [2.05, 4.69) is 21.0 Å². The fourth-order valence-electron chi connectivity index (χ4n) is 2.02. The van der Waals surface area contributed by atoms with Gasteiger partial charge < -0.3 is 5.11 Å². The average molecular weight is 347 g/mol. The van der Waals surface area contributed by atoms with E-state index in [9.17, 15) is 18.7 Å². The van der Waals surface area contributed by atoms with E-state index in [1.54, 1.807) is 12.1 Å². The van der Waals surface area contributed by atoms with Crippen molar-refractivity contribution in [1.29, 1.82) is 0 Å². The maximum absolute atomic E-state index is 13.7. The molecule has 7 heteroatoms. The van der Waals surface area contributed by atoms with Crippen LogP contribution in [0.1, 0.15) is 30.6 Å². The molecule has 0 fully saturated rings. The standard InChI is InChI=1S/C13H13BrF2N2O2/c1-8-7-13(20,12(2,15)16)18(17-8)11(19)9-4-3-5-10(14)6-9/h3-6,20H,7H2,1-2H3/t13-/m1/s1. The molecule has 1 aromatic rings. The molecule has 0 bridgehead atoms. The Morgan fingerprint density at radius 1 is 1.55 bits per heavy atom. The second kappa shape index (κ2) is 4.89. The van der Waals surface area contributed by atoms with E-state index in [1.165, 1.54) is 19.1 Å². The first kappa shape index (κ1) is 15.1. The lowest BCUT2D eigenvalue weighted by molar-refractivity contribution is -0.222. The monoisotopic (exact) mass is 346 g/mol. The Kier molecular flexibility index (Phi) is 3.68. The first-order chi connectivity index (χ1) is 9.15. The van der Waals surface area contributed by atoms with Gasteiger partial charge in [0.05, 0.1) is 0 Å². The van der Waals surface area contributed by atoms with E-state index in [-0.39, 0.29) is 17.7 Å². The average Bonchev–Trinajstić information content (AvgIpc) is 2.64. The van der Waals surface area contributed by atoms with Crippen LogP contribution in [0.4, 0.5) is 8.78 Å². The van der Waals surface area contributed by atoms with Crippen LogP contribution in [0.25, 0.3) is 0 Å². The van der Waals surface area contributed by atoms with Gasteiger partial charge in [-0.1, -0.05) is 22.0 Å². The van der Waals surface area contributed by atoms with Crippen LogP contribution in [0.5, 0.6) is 0 Å². The second-order valence-corrected chi connectivity index (χ2v) is 5.76. The Bertz CT molecular complexity index is 586. The Morgan fingerprint density at radius 2 is 2.20 bits per heavy atom. The largest absolute Gasteiger partial charge is 0.364 e. The predicted octanol–water partition coefficient (Wildman–Crippen LogP) is 3.01. The van der Waals surface area contributed by atoms with Crippen LogP contribution in [-0.2, 0) is 0 Å². The molecule has 2 rings (SSSR count). The van der Waals surface area contributed by atoms with Crippen LogP contribution < -0.4 is 0 Å². The number of amides is 1. The van der Waals surface area contributed by atoms with Gasteiger partial charge in [-0.15, -0.1) is 0 Å². The summed E-state index contributed by atoms with van der Waals surface area (Å²) in [6.07, 6.45) is -0.379. The van der Waals surface area contributed by atoms with E-state index in [0.29, 0.717) is 16.4 Å². The highest BCUT2D eigenvalue weighted by Crippen LogP contribution is 2.39. The molecule has 1 atom stereocenters. The molecule has 1 aliphatic heterocycles. The minimum atomic E-state index is -3.49. The van der Waals surface area contributed by atoms with E-state index in [0.717, 1.165) is 0 Å². The highest BCUT2D eigenvalue weighted by atomic mass is 79.9. The predicted molar refractivity (Wildman–Crippen MR) is 73.6 cm³/mol. The van der Waals surface area contributed by atoms with Crippen LogP contribution in [0, 0.1) is 0 Å². The van der Waals surface area contributed by atoms with Crippen molar-refractivity contribution < 1.29 is 18.7 Å². The van der Waals surface area contributed by atoms with Gasteiger partial charge in [-0.05, 0) is 25.1 Å². The summed E-state index contributed by atoms with van der Waals surface area (Å²) in [6.45, 7) is 2.06. The molecule has 0 radical (unpaired) electrons. The van der Waals surface area contributed by atoms with Crippen LogP contribution in [0.15, 0.2) is 33.8 Å². The smallest absolute Gasteiger partial charge is 0.294 e. The number of aliphatic hydroxyl groups is 1. The lowest BCUT2D eigenvalue weighted by Crippen LogP contribution is -2.57. The maximum atomic E-state index is 13.7. The molecule has 0 aromatic heterocycles. The first-order valence-electron chi connectivity index (χ1n) is 5.89. The number of nitrogens with zero attached hydrogens (tertiary/aromatic N) is 2. The van der Waals surface area contributed by atoms with E-state index in [1.807, 2.05) is 0 Å². The van der Waals surface area contributed by atoms with E-state index >= 15 is 0 Å². The molecule has 0 unspecified atom stereocenters. The second-order valence-electron chi connectivity index (χ2n) is 4.84. The molecule has 0 saturated heterocycles. The van der Waals surface area contributed by atoms with Crippen LogP contribution in [-0.4, -0.2) is 33.4 Å². The van der Waals surface area contributed by atoms with Gasteiger partial charge in [-0.25, -0.2) is 8.78 Å². The van der Waals surface area contributed by atoms with Crippen molar-refractivity contribution in [2.45, 2.75) is 31.9 Å². The van der Waals surface area contributed by atoms with Crippen LogP contribution in [0.2, 0.25) is 0 Å². The summed E-state index contributed by atoms with van der Waals surface area (Å²) < 4.78 is 28.0. The molecule has 0 aliphatic carbocycles. The fourth-order valence-corrected chi connectivity index (χ4v) is 2.42. The molecule has 1 aliphatic rings. The van der Waals surface area contributed by atoms with Gasteiger partial charge in [0.2, 0.25) is 5.72 Å². The summed E-state index contributed by atoms with van der Waals surface area (Å²) in [6, 6.07) is 6.27. The van der Waals surface area contributed by atoms with Crippen molar-refractivity contribution in [2.24, 2.45) is 5.10 Å². The van der Waals surface area contributed by atoms with Crippen molar-refractivity contribution in [3.63, 3.8) is 0 Å². The van der Waals surface area contributed by atoms with Gasteiger partial charge in [0.15, 0.2) is 0 Å². The number of hydrogen-bond acceptors (Lipinski definition) is 3. The zero-order chi connectivity index (χ0) is 15.1. The SMILES string of the molecule is CC1=NN(C(=O)c2cccc(Br)c2)[C@](O)(C(C)(F)F)C1. The molecule has 20 heavy (non-hydrogen) atoms. The van der Waals surface area contributed by atoms with Gasteiger partial charge in [0.25, 0.3) is 11.8 Å². The number of benzene rings is 1. The minimum absolute atomic E-state index is 0.167. The number of alkyl halides is 2. The molecule has 0 saturated carbocycles. The summed E-state index contributed by atoms with van der Waals surface area (Å²) in [5.74, 6) is -4.26.